The van der Waals surface area contributed by atoms with Crippen LogP contribution in [0.5, 0.6) is 0 Å². The Hall–Kier alpha value is -0.0862. The normalized spacial score (nSPS) is 14.7. The molecule has 20 heavy (non-hydrogen) atoms. The first-order valence-electron chi connectivity index (χ1n) is 7.70. The van der Waals surface area contributed by atoms with Gasteiger partial charge in [0.1, 0.15) is 14.2 Å². The maximum absolute atomic E-state index is 9.82. The highest BCUT2D eigenvalue weighted by molar-refractivity contribution is 6.83. The molecular weight excluding hydrogens is 280 g/mol. The first-order chi connectivity index (χ1) is 8.85. The molecule has 0 saturated carbocycles. The van der Waals surface area contributed by atoms with Crippen LogP contribution < -0.4 is 0 Å². The van der Waals surface area contributed by atoms with E-state index < -0.39 is 22.5 Å². The van der Waals surface area contributed by atoms with Crippen molar-refractivity contribution in [2.24, 2.45) is 0 Å². The van der Waals surface area contributed by atoms with Gasteiger partial charge in [-0.1, -0.05) is 46.3 Å². The Morgan fingerprint density at radius 2 is 1.60 bits per heavy atom. The lowest BCUT2D eigenvalue weighted by Gasteiger charge is -2.36. The van der Waals surface area contributed by atoms with Crippen LogP contribution in [-0.2, 0) is 4.43 Å². The van der Waals surface area contributed by atoms with Crippen molar-refractivity contribution in [3.05, 3.63) is 0 Å². The second-order valence-electron chi connectivity index (χ2n) is 8.14. The van der Waals surface area contributed by atoms with Crippen LogP contribution in [0.25, 0.3) is 0 Å². The van der Waals surface area contributed by atoms with Gasteiger partial charge in [0.15, 0.2) is 8.32 Å². The van der Waals surface area contributed by atoms with Gasteiger partial charge in [0.25, 0.3) is 0 Å². The van der Waals surface area contributed by atoms with Gasteiger partial charge < -0.3 is 9.53 Å². The smallest absolute Gasteiger partial charge is 0.191 e. The molecule has 0 spiro atoms. The van der Waals surface area contributed by atoms with Crippen LogP contribution in [0.1, 0.15) is 40.0 Å². The molecule has 1 N–H and O–H groups in total. The summed E-state index contributed by atoms with van der Waals surface area (Å²) >= 11 is 0. The Labute approximate surface area is 128 Å². The summed E-state index contributed by atoms with van der Waals surface area (Å²) < 4.78 is 6.12. The summed E-state index contributed by atoms with van der Waals surface area (Å²) in [5, 5.41) is 10.1. The number of hydrogen-bond acceptors (Lipinski definition) is 2. The van der Waals surface area contributed by atoms with E-state index in [4.69, 9.17) is 4.43 Å². The van der Waals surface area contributed by atoms with Gasteiger partial charge in [-0.05, 0) is 37.4 Å². The number of hydrogen-bond donors (Lipinski definition) is 1. The van der Waals surface area contributed by atoms with Gasteiger partial charge in [-0.2, -0.15) is 0 Å². The Balaban J connectivity index is 3.91. The molecule has 118 valence electrons. The van der Waals surface area contributed by atoms with E-state index in [0.29, 0.717) is 0 Å². The minimum atomic E-state index is -1.61. The number of unbranched alkanes of at least 4 members (excludes halogenated alkanes) is 1. The Morgan fingerprint density at radius 3 is 2.05 bits per heavy atom. The number of aliphatic hydroxyl groups excluding tert-OH is 1. The summed E-state index contributed by atoms with van der Waals surface area (Å²) in [5.74, 6) is 2.99. The molecule has 0 aliphatic heterocycles. The molecule has 0 amide bonds. The highest BCUT2D eigenvalue weighted by atomic mass is 28.4. The van der Waals surface area contributed by atoms with Gasteiger partial charge in [0, 0.05) is 6.61 Å². The summed E-state index contributed by atoms with van der Waals surface area (Å²) in [6.45, 7) is 18.7. The zero-order valence-corrected chi connectivity index (χ0v) is 16.8. The van der Waals surface area contributed by atoms with E-state index in [0.717, 1.165) is 25.9 Å². The molecule has 0 aromatic rings. The highest BCUT2D eigenvalue weighted by Crippen LogP contribution is 2.36. The van der Waals surface area contributed by atoms with E-state index in [1.54, 1.807) is 0 Å². The molecular formula is C16H34O2Si2. The standard InChI is InChI=1S/C16H34O2Si2/c1-16(2,3)20(7,8)18-13-10-9-11-15(17)12-14-19(4,5)6/h15,17H,9-11,13H2,1-8H3. The van der Waals surface area contributed by atoms with Gasteiger partial charge in [-0.15, -0.1) is 5.54 Å². The fourth-order valence-corrected chi connectivity index (χ4v) is 3.04. The topological polar surface area (TPSA) is 29.5 Å². The molecule has 0 aromatic heterocycles. The minimum Gasteiger partial charge on any atom is -0.417 e. The van der Waals surface area contributed by atoms with Crippen LogP contribution in [-0.4, -0.2) is 34.2 Å². The van der Waals surface area contributed by atoms with Gasteiger partial charge in [0.2, 0.25) is 0 Å². The average molecular weight is 315 g/mol. The zero-order chi connectivity index (χ0) is 16.0. The van der Waals surface area contributed by atoms with Crippen LogP contribution in [0, 0.1) is 11.5 Å². The highest BCUT2D eigenvalue weighted by Gasteiger charge is 2.36. The summed E-state index contributed by atoms with van der Waals surface area (Å²) in [7, 11) is -2.97. The molecule has 0 bridgehead atoms. The second kappa shape index (κ2) is 7.79. The lowest BCUT2D eigenvalue weighted by molar-refractivity contribution is 0.209. The zero-order valence-electron chi connectivity index (χ0n) is 14.8. The van der Waals surface area contributed by atoms with E-state index in [-0.39, 0.29) is 5.04 Å². The van der Waals surface area contributed by atoms with Crippen molar-refractivity contribution < 1.29 is 9.53 Å². The first-order valence-corrected chi connectivity index (χ1v) is 14.1. The minimum absolute atomic E-state index is 0.273. The van der Waals surface area contributed by atoms with Crippen molar-refractivity contribution in [1.82, 2.24) is 0 Å². The molecule has 1 unspecified atom stereocenters. The molecule has 0 rings (SSSR count). The molecule has 2 nitrogen and oxygen atoms in total. The van der Waals surface area contributed by atoms with Gasteiger partial charge >= 0.3 is 0 Å². The van der Waals surface area contributed by atoms with E-state index in [1.807, 2.05) is 0 Å². The van der Waals surface area contributed by atoms with Crippen molar-refractivity contribution in [1.29, 1.82) is 0 Å². The van der Waals surface area contributed by atoms with Gasteiger partial charge in [-0.3, -0.25) is 0 Å². The lowest BCUT2D eigenvalue weighted by Crippen LogP contribution is -2.40. The number of aliphatic hydroxyl groups is 1. The predicted molar refractivity (Wildman–Crippen MR) is 94.1 cm³/mol. The average Bonchev–Trinajstić information content (AvgIpc) is 2.23. The van der Waals surface area contributed by atoms with Gasteiger partial charge in [-0.25, -0.2) is 0 Å². The largest absolute Gasteiger partial charge is 0.417 e. The van der Waals surface area contributed by atoms with Crippen LogP contribution in [0.2, 0.25) is 37.8 Å². The van der Waals surface area contributed by atoms with Crippen LogP contribution in [0.15, 0.2) is 0 Å². The Morgan fingerprint density at radius 1 is 1.05 bits per heavy atom. The Bertz CT molecular complexity index is 340. The van der Waals surface area contributed by atoms with Crippen molar-refractivity contribution in [3.63, 3.8) is 0 Å². The molecule has 0 aliphatic carbocycles. The number of rotatable bonds is 6. The van der Waals surface area contributed by atoms with Crippen molar-refractivity contribution in [2.75, 3.05) is 6.61 Å². The maximum atomic E-state index is 9.82. The molecule has 0 fully saturated rings. The third kappa shape index (κ3) is 8.96. The SMILES string of the molecule is CC(C)(C)[Si](C)(C)OCCCCC(O)C#C[Si](C)(C)C. The van der Waals surface area contributed by atoms with Crippen molar-refractivity contribution in [3.8, 4) is 11.5 Å². The first kappa shape index (κ1) is 19.9. The third-order valence-electron chi connectivity index (χ3n) is 3.75. The molecule has 0 saturated heterocycles. The van der Waals surface area contributed by atoms with Gasteiger partial charge in [0.05, 0.1) is 0 Å². The predicted octanol–water partition coefficient (Wildman–Crippen LogP) is 4.42. The summed E-state index contributed by atoms with van der Waals surface area (Å²) in [5.41, 5.74) is 3.22. The third-order valence-corrected chi connectivity index (χ3v) is 9.19. The van der Waals surface area contributed by atoms with E-state index >= 15 is 0 Å². The molecule has 1 atom stereocenters. The molecule has 0 aliphatic rings. The fourth-order valence-electron chi connectivity index (χ4n) is 1.36. The van der Waals surface area contributed by atoms with Crippen molar-refractivity contribution in [2.45, 2.75) is 83.9 Å². The summed E-state index contributed by atoms with van der Waals surface area (Å²) in [6.07, 6.45) is 2.29. The van der Waals surface area contributed by atoms with Crippen molar-refractivity contribution >= 4 is 16.4 Å². The van der Waals surface area contributed by atoms with E-state index in [9.17, 15) is 5.11 Å². The second-order valence-corrected chi connectivity index (χ2v) is 17.7. The van der Waals surface area contributed by atoms with Crippen LogP contribution >= 0.6 is 0 Å². The van der Waals surface area contributed by atoms with E-state index in [1.165, 1.54) is 0 Å². The Kier molecular flexibility index (Phi) is 7.76. The molecule has 4 heteroatoms. The lowest BCUT2D eigenvalue weighted by atomic mass is 10.2. The van der Waals surface area contributed by atoms with Crippen LogP contribution in [0.4, 0.5) is 0 Å². The monoisotopic (exact) mass is 314 g/mol. The van der Waals surface area contributed by atoms with Crippen LogP contribution in [0.3, 0.4) is 0 Å². The molecule has 0 radical (unpaired) electrons. The fraction of sp³-hybridized carbons (Fsp3) is 0.875. The summed E-state index contributed by atoms with van der Waals surface area (Å²) in [4.78, 5) is 0. The quantitative estimate of drug-likeness (QED) is 0.447. The summed E-state index contributed by atoms with van der Waals surface area (Å²) in [6, 6.07) is 0. The molecule has 0 heterocycles. The maximum Gasteiger partial charge on any atom is 0.191 e. The molecule has 0 aromatic carbocycles. The van der Waals surface area contributed by atoms with E-state index in [2.05, 4.69) is 65.0 Å².